The third-order valence-corrected chi connectivity index (χ3v) is 3.62. The van der Waals surface area contributed by atoms with Crippen molar-refractivity contribution in [3.63, 3.8) is 0 Å². The Morgan fingerprint density at radius 1 is 1.31 bits per heavy atom. The molecular weight excluding hydrogens is 228 g/mol. The highest BCUT2D eigenvalue weighted by Crippen LogP contribution is 2.33. The fourth-order valence-corrected chi connectivity index (χ4v) is 2.38. The Kier molecular flexibility index (Phi) is 2.68. The third-order valence-electron chi connectivity index (χ3n) is 2.86. The summed E-state index contributed by atoms with van der Waals surface area (Å²) in [6, 6.07) is 0. The molecule has 0 aromatic carbocycles. The van der Waals surface area contributed by atoms with Crippen LogP contribution in [-0.2, 0) is 4.79 Å². The molecular formula is C11H13BrO. The topological polar surface area (TPSA) is 17.1 Å². The number of allylic oxidation sites excluding steroid dienone is 4. The molecule has 0 spiro atoms. The van der Waals surface area contributed by atoms with Gasteiger partial charge in [0.2, 0.25) is 0 Å². The molecule has 1 atom stereocenters. The molecule has 0 saturated heterocycles. The van der Waals surface area contributed by atoms with Crippen molar-refractivity contribution in [2.75, 3.05) is 0 Å². The molecule has 2 aliphatic rings. The van der Waals surface area contributed by atoms with Crippen molar-refractivity contribution < 1.29 is 4.79 Å². The molecule has 0 radical (unpaired) electrons. The van der Waals surface area contributed by atoms with Gasteiger partial charge in [-0.3, -0.25) is 4.79 Å². The number of carbonyl (C=O) groups excluding carboxylic acids is 1. The summed E-state index contributed by atoms with van der Waals surface area (Å²) >= 11 is 3.31. The Hall–Kier alpha value is -0.370. The smallest absolute Gasteiger partial charge is 0.173 e. The van der Waals surface area contributed by atoms with Crippen LogP contribution in [0.2, 0.25) is 0 Å². The Morgan fingerprint density at radius 3 is 2.62 bits per heavy atom. The summed E-state index contributed by atoms with van der Waals surface area (Å²) in [7, 11) is 0. The molecule has 0 aliphatic heterocycles. The van der Waals surface area contributed by atoms with Crippen LogP contribution in [-0.4, -0.2) is 10.6 Å². The fourth-order valence-electron chi connectivity index (χ4n) is 2.10. The van der Waals surface area contributed by atoms with E-state index < -0.39 is 0 Å². The first kappa shape index (κ1) is 9.20. The van der Waals surface area contributed by atoms with Crippen molar-refractivity contribution in [2.24, 2.45) is 5.92 Å². The minimum Gasteiger partial charge on any atom is -0.293 e. The molecule has 1 nitrogen and oxygen atoms in total. The van der Waals surface area contributed by atoms with E-state index in [4.69, 9.17) is 0 Å². The van der Waals surface area contributed by atoms with Crippen molar-refractivity contribution in [1.82, 2.24) is 0 Å². The summed E-state index contributed by atoms with van der Waals surface area (Å²) in [5.41, 5.74) is 1.25. The van der Waals surface area contributed by atoms with Gasteiger partial charge in [-0.15, -0.1) is 0 Å². The van der Waals surface area contributed by atoms with Crippen LogP contribution in [0.4, 0.5) is 0 Å². The number of rotatable bonds is 1. The number of halogens is 1. The Labute approximate surface area is 87.0 Å². The first-order chi connectivity index (χ1) is 6.27. The van der Waals surface area contributed by atoms with Gasteiger partial charge in [-0.1, -0.05) is 40.9 Å². The van der Waals surface area contributed by atoms with Crippen LogP contribution < -0.4 is 0 Å². The lowest BCUT2D eigenvalue weighted by atomic mass is 9.92. The molecule has 70 valence electrons. The monoisotopic (exact) mass is 240 g/mol. The molecule has 2 aliphatic carbocycles. The molecule has 0 N–H and O–H groups in total. The van der Waals surface area contributed by atoms with Crippen molar-refractivity contribution in [3.8, 4) is 0 Å². The minimum absolute atomic E-state index is 0.0855. The van der Waals surface area contributed by atoms with Gasteiger partial charge in [0.15, 0.2) is 5.78 Å². The van der Waals surface area contributed by atoms with Crippen LogP contribution in [0.3, 0.4) is 0 Å². The predicted molar refractivity (Wildman–Crippen MR) is 56.9 cm³/mol. The molecule has 0 amide bonds. The Balaban J connectivity index is 2.12. The molecule has 1 fully saturated rings. The largest absolute Gasteiger partial charge is 0.293 e. The van der Waals surface area contributed by atoms with Crippen molar-refractivity contribution in [3.05, 3.63) is 23.8 Å². The van der Waals surface area contributed by atoms with E-state index in [1.54, 1.807) is 0 Å². The molecule has 0 aromatic heterocycles. The second kappa shape index (κ2) is 3.79. The van der Waals surface area contributed by atoms with E-state index in [0.717, 1.165) is 0 Å². The molecule has 1 unspecified atom stereocenters. The van der Waals surface area contributed by atoms with E-state index in [1.807, 2.05) is 12.2 Å². The van der Waals surface area contributed by atoms with E-state index in [9.17, 15) is 4.79 Å². The maximum absolute atomic E-state index is 11.4. The molecule has 2 heteroatoms. The molecule has 0 heterocycles. The van der Waals surface area contributed by atoms with E-state index in [-0.39, 0.29) is 10.6 Å². The summed E-state index contributed by atoms with van der Waals surface area (Å²) < 4.78 is 0. The molecule has 1 saturated carbocycles. The summed E-state index contributed by atoms with van der Waals surface area (Å²) in [5.74, 6) is 0.851. The first-order valence-corrected chi connectivity index (χ1v) is 5.76. The maximum atomic E-state index is 11.4. The van der Waals surface area contributed by atoms with Gasteiger partial charge >= 0.3 is 0 Å². The Morgan fingerprint density at radius 2 is 2.00 bits per heavy atom. The molecule has 13 heavy (non-hydrogen) atoms. The first-order valence-electron chi connectivity index (χ1n) is 4.85. The van der Waals surface area contributed by atoms with Gasteiger partial charge in [-0.2, -0.15) is 0 Å². The van der Waals surface area contributed by atoms with E-state index in [0.29, 0.717) is 5.92 Å². The number of ketones is 1. The van der Waals surface area contributed by atoms with Gasteiger partial charge in [-0.05, 0) is 30.4 Å². The molecule has 0 bridgehead atoms. The lowest BCUT2D eigenvalue weighted by Gasteiger charge is -2.15. The third kappa shape index (κ3) is 1.93. The average Bonchev–Trinajstić information content (AvgIpc) is 2.62. The maximum Gasteiger partial charge on any atom is 0.173 e. The normalized spacial score (nSPS) is 29.5. The van der Waals surface area contributed by atoms with Crippen LogP contribution in [0.1, 0.15) is 25.7 Å². The highest BCUT2D eigenvalue weighted by molar-refractivity contribution is 9.10. The lowest BCUT2D eigenvalue weighted by Crippen LogP contribution is -2.14. The number of hydrogen-bond donors (Lipinski definition) is 0. The van der Waals surface area contributed by atoms with Crippen molar-refractivity contribution in [2.45, 2.75) is 30.5 Å². The van der Waals surface area contributed by atoms with Gasteiger partial charge in [0.25, 0.3) is 0 Å². The second-order valence-corrected chi connectivity index (χ2v) is 4.78. The minimum atomic E-state index is -0.0855. The van der Waals surface area contributed by atoms with Gasteiger partial charge in [0, 0.05) is 0 Å². The van der Waals surface area contributed by atoms with E-state index in [2.05, 4.69) is 22.0 Å². The number of carbonyl (C=O) groups is 1. The second-order valence-electron chi connectivity index (χ2n) is 3.79. The predicted octanol–water partition coefficient (Wildman–Crippen LogP) is 3.01. The Bertz CT molecular complexity index is 272. The standard InChI is InChI=1S/C11H13BrO/c12-10-6-5-9(7-11(10)13)8-3-1-2-4-8/h5-8,10H,1-4H2. The van der Waals surface area contributed by atoms with Crippen LogP contribution in [0, 0.1) is 5.92 Å². The van der Waals surface area contributed by atoms with Gasteiger partial charge in [-0.25, -0.2) is 0 Å². The van der Waals surface area contributed by atoms with Crippen molar-refractivity contribution >= 4 is 21.7 Å². The summed E-state index contributed by atoms with van der Waals surface area (Å²) in [6.07, 6.45) is 11.0. The summed E-state index contributed by atoms with van der Waals surface area (Å²) in [6.45, 7) is 0. The summed E-state index contributed by atoms with van der Waals surface area (Å²) in [5, 5.41) is 0. The zero-order chi connectivity index (χ0) is 9.26. The molecule has 2 rings (SSSR count). The summed E-state index contributed by atoms with van der Waals surface area (Å²) in [4.78, 5) is 11.3. The average molecular weight is 241 g/mol. The van der Waals surface area contributed by atoms with Crippen LogP contribution >= 0.6 is 15.9 Å². The van der Waals surface area contributed by atoms with Gasteiger partial charge in [0.05, 0.1) is 4.83 Å². The van der Waals surface area contributed by atoms with Crippen LogP contribution in [0.25, 0.3) is 0 Å². The highest BCUT2D eigenvalue weighted by Gasteiger charge is 2.22. The molecule has 0 aromatic rings. The van der Waals surface area contributed by atoms with Crippen LogP contribution in [0.15, 0.2) is 23.8 Å². The zero-order valence-corrected chi connectivity index (χ0v) is 9.09. The van der Waals surface area contributed by atoms with Gasteiger partial charge in [0.1, 0.15) is 0 Å². The number of alkyl halides is 1. The van der Waals surface area contributed by atoms with E-state index >= 15 is 0 Å². The SMILES string of the molecule is O=C1C=C(C2CCCC2)C=CC1Br. The number of hydrogen-bond acceptors (Lipinski definition) is 1. The van der Waals surface area contributed by atoms with E-state index in [1.165, 1.54) is 31.3 Å². The van der Waals surface area contributed by atoms with Gasteiger partial charge < -0.3 is 0 Å². The fraction of sp³-hybridized carbons (Fsp3) is 0.545. The lowest BCUT2D eigenvalue weighted by molar-refractivity contribution is -0.113. The zero-order valence-electron chi connectivity index (χ0n) is 7.50. The highest BCUT2D eigenvalue weighted by atomic mass is 79.9. The van der Waals surface area contributed by atoms with Crippen LogP contribution in [0.5, 0.6) is 0 Å². The quantitative estimate of drug-likeness (QED) is 0.645. The van der Waals surface area contributed by atoms with Crippen molar-refractivity contribution in [1.29, 1.82) is 0 Å².